The Kier molecular flexibility index (Phi) is 6.28. The van der Waals surface area contributed by atoms with Gasteiger partial charge in [-0.15, -0.1) is 21.5 Å². The third-order valence-corrected chi connectivity index (χ3v) is 6.83. The Morgan fingerprint density at radius 3 is 2.86 bits per heavy atom. The molecule has 0 aliphatic carbocycles. The summed E-state index contributed by atoms with van der Waals surface area (Å²) >= 11 is 3.05. The van der Waals surface area contributed by atoms with E-state index in [0.29, 0.717) is 38.5 Å². The highest BCUT2D eigenvalue weighted by atomic mass is 32.2. The van der Waals surface area contributed by atoms with E-state index in [2.05, 4.69) is 14.8 Å². The summed E-state index contributed by atoms with van der Waals surface area (Å²) in [5, 5.41) is 11.5. The third kappa shape index (κ3) is 4.39. The summed E-state index contributed by atoms with van der Waals surface area (Å²) in [5.74, 6) is 1.22. The summed E-state index contributed by atoms with van der Waals surface area (Å²) in [6.45, 7) is 3.86. The number of hydrogen-bond donors (Lipinski definition) is 0. The SMILES string of the molecule is O=CN1CCN(C(=O)CSc2nnc(-c3cccs3)n2C[C@H]2CCCO2)CC1. The van der Waals surface area contributed by atoms with Crippen LogP contribution < -0.4 is 0 Å². The largest absolute Gasteiger partial charge is 0.376 e. The van der Waals surface area contributed by atoms with Crippen LogP contribution in [0.25, 0.3) is 10.7 Å². The molecule has 10 heteroatoms. The number of amides is 2. The van der Waals surface area contributed by atoms with Crippen LogP contribution in [0.15, 0.2) is 22.7 Å². The molecule has 2 aliphatic rings. The predicted octanol–water partition coefficient (Wildman–Crippen LogP) is 1.58. The summed E-state index contributed by atoms with van der Waals surface area (Å²) in [4.78, 5) is 28.0. The van der Waals surface area contributed by atoms with Crippen LogP contribution in [0.3, 0.4) is 0 Å². The minimum atomic E-state index is 0.0693. The second kappa shape index (κ2) is 9.06. The molecule has 2 aromatic rings. The molecule has 0 aromatic carbocycles. The van der Waals surface area contributed by atoms with Crippen molar-refractivity contribution in [3.05, 3.63) is 17.5 Å². The molecule has 2 fully saturated rings. The van der Waals surface area contributed by atoms with Gasteiger partial charge in [-0.25, -0.2) is 0 Å². The first-order valence-electron chi connectivity index (χ1n) is 9.43. The van der Waals surface area contributed by atoms with Crippen LogP contribution in [0, 0.1) is 0 Å². The van der Waals surface area contributed by atoms with E-state index in [9.17, 15) is 9.59 Å². The fourth-order valence-corrected chi connectivity index (χ4v) is 5.00. The second-order valence-electron chi connectivity index (χ2n) is 6.84. The molecular weight excluding hydrogens is 398 g/mol. The van der Waals surface area contributed by atoms with Crippen molar-refractivity contribution in [2.24, 2.45) is 0 Å². The predicted molar refractivity (Wildman–Crippen MR) is 107 cm³/mol. The number of thioether (sulfide) groups is 1. The van der Waals surface area contributed by atoms with E-state index in [0.717, 1.165) is 41.7 Å². The molecule has 150 valence electrons. The maximum absolute atomic E-state index is 12.6. The van der Waals surface area contributed by atoms with Crippen LogP contribution in [0.2, 0.25) is 0 Å². The molecule has 0 radical (unpaired) electrons. The van der Waals surface area contributed by atoms with Crippen molar-refractivity contribution in [1.82, 2.24) is 24.6 Å². The Hall–Kier alpha value is -1.91. The van der Waals surface area contributed by atoms with E-state index in [-0.39, 0.29) is 12.0 Å². The molecule has 1 atom stereocenters. The molecule has 2 amide bonds. The van der Waals surface area contributed by atoms with E-state index in [1.165, 1.54) is 11.8 Å². The Bertz CT molecular complexity index is 796. The zero-order valence-electron chi connectivity index (χ0n) is 15.5. The van der Waals surface area contributed by atoms with Gasteiger partial charge in [-0.2, -0.15) is 0 Å². The average Bonchev–Trinajstić information content (AvgIpc) is 3.49. The fourth-order valence-electron chi connectivity index (χ4n) is 3.43. The van der Waals surface area contributed by atoms with Crippen molar-refractivity contribution < 1.29 is 14.3 Å². The number of nitrogens with zero attached hydrogens (tertiary/aromatic N) is 5. The van der Waals surface area contributed by atoms with Crippen molar-refractivity contribution in [2.75, 3.05) is 38.5 Å². The van der Waals surface area contributed by atoms with Crippen LogP contribution in [0.5, 0.6) is 0 Å². The average molecular weight is 422 g/mol. The van der Waals surface area contributed by atoms with Gasteiger partial charge in [-0.1, -0.05) is 17.8 Å². The lowest BCUT2D eigenvalue weighted by atomic mass is 10.2. The van der Waals surface area contributed by atoms with Crippen LogP contribution in [-0.4, -0.2) is 81.5 Å². The van der Waals surface area contributed by atoms with Gasteiger partial charge in [0, 0.05) is 32.8 Å². The van der Waals surface area contributed by atoms with E-state index in [1.54, 1.807) is 16.2 Å². The standard InChI is InChI=1S/C18H23N5O3S2/c24-13-21-5-7-22(8-6-21)16(25)12-28-18-20-19-17(15-4-2-10-27-15)23(18)11-14-3-1-9-26-14/h2,4,10,13-14H,1,3,5-9,11-12H2/t14-/m1/s1. The summed E-state index contributed by atoms with van der Waals surface area (Å²) in [5.41, 5.74) is 0. The lowest BCUT2D eigenvalue weighted by molar-refractivity contribution is -0.132. The smallest absolute Gasteiger partial charge is 0.233 e. The molecule has 2 aliphatic heterocycles. The topological polar surface area (TPSA) is 80.6 Å². The normalized spacial score (nSPS) is 19.9. The molecule has 8 nitrogen and oxygen atoms in total. The third-order valence-electron chi connectivity index (χ3n) is 5.01. The molecule has 0 bridgehead atoms. The second-order valence-corrected chi connectivity index (χ2v) is 8.73. The molecule has 2 saturated heterocycles. The van der Waals surface area contributed by atoms with E-state index < -0.39 is 0 Å². The maximum Gasteiger partial charge on any atom is 0.233 e. The number of carbonyl (C=O) groups excluding carboxylic acids is 2. The number of carbonyl (C=O) groups is 2. The Morgan fingerprint density at radius 1 is 1.32 bits per heavy atom. The summed E-state index contributed by atoms with van der Waals surface area (Å²) in [6.07, 6.45) is 3.12. The van der Waals surface area contributed by atoms with Gasteiger partial charge in [0.1, 0.15) is 0 Å². The van der Waals surface area contributed by atoms with Gasteiger partial charge in [-0.3, -0.25) is 14.2 Å². The highest BCUT2D eigenvalue weighted by molar-refractivity contribution is 7.99. The van der Waals surface area contributed by atoms with E-state index >= 15 is 0 Å². The number of rotatable bonds is 7. The minimum absolute atomic E-state index is 0.0693. The van der Waals surface area contributed by atoms with Crippen LogP contribution in [-0.2, 0) is 20.9 Å². The Balaban J connectivity index is 1.43. The number of piperazine rings is 1. The summed E-state index contributed by atoms with van der Waals surface area (Å²) in [6, 6.07) is 4.03. The van der Waals surface area contributed by atoms with Crippen molar-refractivity contribution in [2.45, 2.75) is 30.6 Å². The first-order valence-corrected chi connectivity index (χ1v) is 11.3. The van der Waals surface area contributed by atoms with Crippen molar-refractivity contribution in [3.63, 3.8) is 0 Å². The molecule has 0 spiro atoms. The monoisotopic (exact) mass is 421 g/mol. The highest BCUT2D eigenvalue weighted by Crippen LogP contribution is 2.29. The van der Waals surface area contributed by atoms with Crippen molar-refractivity contribution in [3.8, 4) is 10.7 Å². The van der Waals surface area contributed by atoms with Crippen LogP contribution >= 0.6 is 23.1 Å². The van der Waals surface area contributed by atoms with Gasteiger partial charge in [0.25, 0.3) is 0 Å². The van der Waals surface area contributed by atoms with E-state index in [4.69, 9.17) is 4.74 Å². The molecule has 0 unspecified atom stereocenters. The van der Waals surface area contributed by atoms with Crippen molar-refractivity contribution >= 4 is 35.4 Å². The van der Waals surface area contributed by atoms with Gasteiger partial charge in [0.15, 0.2) is 11.0 Å². The zero-order chi connectivity index (χ0) is 19.3. The minimum Gasteiger partial charge on any atom is -0.376 e. The number of hydrogen-bond acceptors (Lipinski definition) is 7. The van der Waals surface area contributed by atoms with Crippen molar-refractivity contribution in [1.29, 1.82) is 0 Å². The number of ether oxygens (including phenoxy) is 1. The molecule has 0 saturated carbocycles. The van der Waals surface area contributed by atoms with Gasteiger partial charge < -0.3 is 14.5 Å². The summed E-state index contributed by atoms with van der Waals surface area (Å²) < 4.78 is 7.89. The lowest BCUT2D eigenvalue weighted by Crippen LogP contribution is -2.48. The molecule has 28 heavy (non-hydrogen) atoms. The fraction of sp³-hybridized carbons (Fsp3) is 0.556. The van der Waals surface area contributed by atoms with Gasteiger partial charge in [0.05, 0.1) is 23.3 Å². The number of aromatic nitrogens is 3. The molecule has 2 aromatic heterocycles. The summed E-state index contributed by atoms with van der Waals surface area (Å²) in [7, 11) is 0. The Morgan fingerprint density at radius 2 is 2.18 bits per heavy atom. The molecule has 4 rings (SSSR count). The number of thiophene rings is 1. The van der Waals surface area contributed by atoms with Gasteiger partial charge >= 0.3 is 0 Å². The highest BCUT2D eigenvalue weighted by Gasteiger charge is 2.24. The van der Waals surface area contributed by atoms with E-state index in [1.807, 2.05) is 22.4 Å². The quantitative estimate of drug-likeness (QED) is 0.499. The first kappa shape index (κ1) is 19.4. The molecule has 0 N–H and O–H groups in total. The first-order chi connectivity index (χ1) is 13.7. The lowest BCUT2D eigenvalue weighted by Gasteiger charge is -2.32. The zero-order valence-corrected chi connectivity index (χ0v) is 17.2. The van der Waals surface area contributed by atoms with Gasteiger partial charge in [0.2, 0.25) is 12.3 Å². The Labute approximate surface area is 171 Å². The van der Waals surface area contributed by atoms with Crippen LogP contribution in [0.4, 0.5) is 0 Å². The maximum atomic E-state index is 12.6. The molecular formula is C18H23N5O3S2. The molecule has 4 heterocycles. The van der Waals surface area contributed by atoms with Crippen LogP contribution in [0.1, 0.15) is 12.8 Å². The van der Waals surface area contributed by atoms with Gasteiger partial charge in [-0.05, 0) is 24.3 Å².